The van der Waals surface area contributed by atoms with E-state index < -0.39 is 0 Å². The topological polar surface area (TPSA) is 15.3 Å². The fourth-order valence-electron chi connectivity index (χ4n) is 0.300. The van der Waals surface area contributed by atoms with Gasteiger partial charge in [0.05, 0.1) is 0 Å². The van der Waals surface area contributed by atoms with E-state index in [4.69, 9.17) is 7.98 Å². The third-order valence-electron chi connectivity index (χ3n) is 0.826. The lowest BCUT2D eigenvalue weighted by Gasteiger charge is -2.11. The Hall–Kier alpha value is 0.0499. The molecule has 0 aromatic heterocycles. The van der Waals surface area contributed by atoms with Crippen LogP contribution in [0.1, 0.15) is 13.8 Å². The lowest BCUT2D eigenvalue weighted by molar-refractivity contribution is 0.707. The fraction of sp³-hybridized carbons (Fsp3) is 1.00. The number of hydrogen-bond acceptors (Lipinski definition) is 2. The highest BCUT2D eigenvalue weighted by atomic mass is 15.0. The van der Waals surface area contributed by atoms with E-state index >= 15 is 0 Å². The highest BCUT2D eigenvalue weighted by Gasteiger charge is 1.92. The summed E-state index contributed by atoms with van der Waals surface area (Å²) < 4.78 is 1.60. The van der Waals surface area contributed by atoms with Crippen molar-refractivity contribution in [3.8, 4) is 0 Å². The summed E-state index contributed by atoms with van der Waals surface area (Å²) in [4.78, 5) is 0. The SMILES string of the molecule is [B]N([B]NCC)CC. The summed E-state index contributed by atoms with van der Waals surface area (Å²) in [5.41, 5.74) is 0. The third-order valence-corrected chi connectivity index (χ3v) is 0.826. The summed E-state index contributed by atoms with van der Waals surface area (Å²) in [6, 6.07) is 0. The van der Waals surface area contributed by atoms with Crippen LogP contribution in [-0.4, -0.2) is 33.3 Å². The standard InChI is InChI=1S/C4H11B2N2/c1-3-7-6-8(5)4-2/h7H,3-4H2,1-2H3. The quantitative estimate of drug-likeness (QED) is 0.491. The Morgan fingerprint density at radius 2 is 2.25 bits per heavy atom. The van der Waals surface area contributed by atoms with Crippen molar-refractivity contribution in [1.82, 2.24) is 9.95 Å². The van der Waals surface area contributed by atoms with Crippen molar-refractivity contribution < 1.29 is 0 Å². The summed E-state index contributed by atoms with van der Waals surface area (Å²) in [5, 5.41) is 2.97. The second kappa shape index (κ2) is 5.19. The minimum absolute atomic E-state index is 0.840. The first-order valence-corrected chi connectivity index (χ1v) is 2.89. The molecule has 1 N–H and O–H groups in total. The van der Waals surface area contributed by atoms with Gasteiger partial charge in [0, 0.05) is 0 Å². The normalized spacial score (nSPS) is 9.88. The van der Waals surface area contributed by atoms with Crippen LogP contribution in [0, 0.1) is 0 Å². The molecule has 0 saturated carbocycles. The summed E-state index contributed by atoms with van der Waals surface area (Å²) >= 11 is 0. The first-order valence-electron chi connectivity index (χ1n) is 2.89. The van der Waals surface area contributed by atoms with E-state index in [1.54, 1.807) is 12.3 Å². The predicted molar refractivity (Wildman–Crippen MR) is 37.6 cm³/mol. The van der Waals surface area contributed by atoms with Crippen molar-refractivity contribution in [3.05, 3.63) is 0 Å². The van der Waals surface area contributed by atoms with Gasteiger partial charge in [0.2, 0.25) is 0 Å². The smallest absolute Gasteiger partial charge is 0.297 e. The molecule has 0 heterocycles. The molecular formula is C4H11B2N2. The highest BCUT2D eigenvalue weighted by molar-refractivity contribution is 6.39. The van der Waals surface area contributed by atoms with Crippen LogP contribution in [0.2, 0.25) is 0 Å². The van der Waals surface area contributed by atoms with Crippen LogP contribution in [0.4, 0.5) is 0 Å². The van der Waals surface area contributed by atoms with Gasteiger partial charge < -0.3 is 9.95 Å². The molecule has 0 amide bonds. The second-order valence-corrected chi connectivity index (χ2v) is 1.52. The molecule has 0 fully saturated rings. The zero-order valence-electron chi connectivity index (χ0n) is 5.52. The molecule has 0 aromatic rings. The molecule has 43 valence electrons. The van der Waals surface area contributed by atoms with Crippen LogP contribution in [-0.2, 0) is 0 Å². The van der Waals surface area contributed by atoms with Crippen molar-refractivity contribution in [2.24, 2.45) is 0 Å². The largest absolute Gasteiger partial charge is 0.384 e. The van der Waals surface area contributed by atoms with E-state index in [1.165, 1.54) is 0 Å². The number of nitrogens with one attached hydrogen (secondary N) is 1. The third kappa shape index (κ3) is 4.22. The van der Waals surface area contributed by atoms with Gasteiger partial charge >= 0.3 is 0 Å². The Balaban J connectivity index is 2.86. The molecule has 2 nitrogen and oxygen atoms in total. The second-order valence-electron chi connectivity index (χ2n) is 1.52. The van der Waals surface area contributed by atoms with Gasteiger partial charge in [-0.2, -0.15) is 0 Å². The first-order chi connectivity index (χ1) is 3.81. The van der Waals surface area contributed by atoms with Crippen LogP contribution < -0.4 is 5.23 Å². The molecule has 8 heavy (non-hydrogen) atoms. The molecule has 0 saturated heterocycles. The van der Waals surface area contributed by atoms with Gasteiger partial charge in [0.25, 0.3) is 7.55 Å². The minimum atomic E-state index is 0.840. The van der Waals surface area contributed by atoms with E-state index in [9.17, 15) is 0 Å². The van der Waals surface area contributed by atoms with Crippen LogP contribution in [0.25, 0.3) is 0 Å². The zero-order chi connectivity index (χ0) is 6.41. The summed E-state index contributed by atoms with van der Waals surface area (Å²) in [6.07, 6.45) is 0. The van der Waals surface area contributed by atoms with E-state index in [0.717, 1.165) is 13.1 Å². The molecule has 0 aromatic carbocycles. The average molecular weight is 109 g/mol. The Morgan fingerprint density at radius 3 is 2.62 bits per heavy atom. The molecular weight excluding hydrogens is 97.7 g/mol. The van der Waals surface area contributed by atoms with Gasteiger partial charge in [-0.15, -0.1) is 0 Å². The Kier molecular flexibility index (Phi) is 5.22. The van der Waals surface area contributed by atoms with Gasteiger partial charge in [0.15, 0.2) is 7.98 Å². The minimum Gasteiger partial charge on any atom is -0.384 e. The van der Waals surface area contributed by atoms with Crippen molar-refractivity contribution in [2.45, 2.75) is 13.8 Å². The molecule has 0 aliphatic carbocycles. The fourth-order valence-corrected chi connectivity index (χ4v) is 0.300. The maximum atomic E-state index is 5.37. The molecule has 0 bridgehead atoms. The maximum Gasteiger partial charge on any atom is 0.297 e. The van der Waals surface area contributed by atoms with E-state index in [1.807, 2.05) is 13.8 Å². The van der Waals surface area contributed by atoms with E-state index in [-0.39, 0.29) is 0 Å². The summed E-state index contributed by atoms with van der Waals surface area (Å²) in [6.45, 7) is 5.79. The molecule has 4 heteroatoms. The van der Waals surface area contributed by atoms with Gasteiger partial charge in [-0.25, -0.2) is 0 Å². The van der Waals surface area contributed by atoms with Crippen LogP contribution in [0.3, 0.4) is 0 Å². The summed E-state index contributed by atoms with van der Waals surface area (Å²) in [5.74, 6) is 0. The van der Waals surface area contributed by atoms with Gasteiger partial charge in [-0.1, -0.05) is 13.8 Å². The number of nitrogens with zero attached hydrogens (tertiary/aromatic N) is 1. The first kappa shape index (κ1) is 8.05. The lowest BCUT2D eigenvalue weighted by Crippen LogP contribution is -2.35. The monoisotopic (exact) mass is 109 g/mol. The molecule has 0 atom stereocenters. The van der Waals surface area contributed by atoms with E-state index in [2.05, 4.69) is 5.23 Å². The maximum absolute atomic E-state index is 5.37. The van der Waals surface area contributed by atoms with E-state index in [0.29, 0.717) is 0 Å². The summed E-state index contributed by atoms with van der Waals surface area (Å²) in [7, 11) is 7.14. The predicted octanol–water partition coefficient (Wildman–Crippen LogP) is -0.465. The van der Waals surface area contributed by atoms with Crippen LogP contribution in [0.15, 0.2) is 0 Å². The van der Waals surface area contributed by atoms with Crippen LogP contribution >= 0.6 is 0 Å². The van der Waals surface area contributed by atoms with Crippen molar-refractivity contribution >= 4 is 15.5 Å². The lowest BCUT2D eigenvalue weighted by atomic mass is 10.0. The molecule has 0 aliphatic heterocycles. The Bertz CT molecular complexity index is 51.3. The molecule has 0 rings (SSSR count). The van der Waals surface area contributed by atoms with Gasteiger partial charge in [-0.05, 0) is 13.1 Å². The Labute approximate surface area is 53.4 Å². The van der Waals surface area contributed by atoms with Crippen molar-refractivity contribution in [2.75, 3.05) is 13.1 Å². The zero-order valence-corrected chi connectivity index (χ0v) is 5.52. The average Bonchev–Trinajstić information content (AvgIpc) is 1.83. The molecule has 0 aliphatic rings. The molecule has 0 unspecified atom stereocenters. The number of hydrogen-bond donors (Lipinski definition) is 1. The van der Waals surface area contributed by atoms with Crippen molar-refractivity contribution in [1.29, 1.82) is 0 Å². The Morgan fingerprint density at radius 1 is 1.62 bits per heavy atom. The van der Waals surface area contributed by atoms with Crippen LogP contribution in [0.5, 0.6) is 0 Å². The van der Waals surface area contributed by atoms with Crippen molar-refractivity contribution in [3.63, 3.8) is 0 Å². The number of rotatable bonds is 4. The van der Waals surface area contributed by atoms with Gasteiger partial charge in [-0.3, -0.25) is 0 Å². The molecule has 3 radical (unpaired) electrons. The molecule has 0 spiro atoms. The highest BCUT2D eigenvalue weighted by Crippen LogP contribution is 1.68. The van der Waals surface area contributed by atoms with Gasteiger partial charge in [0.1, 0.15) is 0 Å².